The molecule has 0 aliphatic carbocycles. The molecule has 0 bridgehead atoms. The first-order chi connectivity index (χ1) is 11.6. The third kappa shape index (κ3) is 3.24. The second-order valence-electron chi connectivity index (χ2n) is 5.59. The molecule has 0 radical (unpaired) electrons. The van der Waals surface area contributed by atoms with Crippen LogP contribution in [0.25, 0.3) is 0 Å². The minimum Gasteiger partial charge on any atom is -0.478 e. The molecule has 1 unspecified atom stereocenters. The quantitative estimate of drug-likeness (QED) is 0.911. The van der Waals surface area contributed by atoms with Crippen LogP contribution in [0, 0.1) is 6.92 Å². The van der Waals surface area contributed by atoms with E-state index in [4.69, 9.17) is 9.26 Å². The van der Waals surface area contributed by atoms with Crippen LogP contribution in [0.1, 0.15) is 25.5 Å². The fourth-order valence-corrected chi connectivity index (χ4v) is 2.61. The topological polar surface area (TPSA) is 84.7 Å². The zero-order chi connectivity index (χ0) is 17.1. The molecular formula is C17H19N3O4. The van der Waals surface area contributed by atoms with Crippen LogP contribution in [0.2, 0.25) is 0 Å². The number of aryl methyl sites for hydroxylation is 1. The number of carbonyl (C=O) groups is 2. The predicted molar refractivity (Wildman–Crippen MR) is 88.0 cm³/mol. The summed E-state index contributed by atoms with van der Waals surface area (Å²) in [6, 6.07) is 8.99. The Balaban J connectivity index is 1.69. The van der Waals surface area contributed by atoms with E-state index in [0.29, 0.717) is 29.4 Å². The normalized spacial score (nSPS) is 16.5. The molecule has 1 aliphatic rings. The molecule has 2 heterocycles. The first kappa shape index (κ1) is 16.0. The third-order valence-corrected chi connectivity index (χ3v) is 3.80. The monoisotopic (exact) mass is 329 g/mol. The number of nitrogens with zero attached hydrogens (tertiary/aromatic N) is 2. The maximum absolute atomic E-state index is 12.5. The summed E-state index contributed by atoms with van der Waals surface area (Å²) in [5.41, 5.74) is 0.692. The van der Waals surface area contributed by atoms with E-state index >= 15 is 0 Å². The molecule has 2 aromatic rings. The Morgan fingerprint density at radius 1 is 1.38 bits per heavy atom. The number of carbonyl (C=O) groups excluding carboxylic acids is 2. The van der Waals surface area contributed by atoms with Crippen LogP contribution in [-0.2, 0) is 9.59 Å². The van der Waals surface area contributed by atoms with Gasteiger partial charge < -0.3 is 19.5 Å². The summed E-state index contributed by atoms with van der Waals surface area (Å²) >= 11 is 0. The summed E-state index contributed by atoms with van der Waals surface area (Å²) in [5.74, 6) is 1.30. The van der Waals surface area contributed by atoms with Crippen molar-refractivity contribution in [3.05, 3.63) is 36.1 Å². The van der Waals surface area contributed by atoms with E-state index < -0.39 is 6.10 Å². The second-order valence-corrected chi connectivity index (χ2v) is 5.59. The van der Waals surface area contributed by atoms with Crippen molar-refractivity contribution in [1.29, 1.82) is 0 Å². The number of anilines is 2. The lowest BCUT2D eigenvalue weighted by atomic mass is 10.1. The number of ether oxygens (including phenoxy) is 1. The van der Waals surface area contributed by atoms with Gasteiger partial charge in [-0.15, -0.1) is 0 Å². The third-order valence-electron chi connectivity index (χ3n) is 3.80. The van der Waals surface area contributed by atoms with Crippen LogP contribution in [0.3, 0.4) is 0 Å². The molecule has 7 heteroatoms. The SMILES string of the molecule is CCC1Oc2ccccc2N(CCC(=O)Nc2cc(C)on2)C1=O. The van der Waals surface area contributed by atoms with Gasteiger partial charge in [-0.3, -0.25) is 9.59 Å². The summed E-state index contributed by atoms with van der Waals surface area (Å²) in [5, 5.41) is 6.37. The Labute approximate surface area is 139 Å². The van der Waals surface area contributed by atoms with Crippen molar-refractivity contribution in [3.63, 3.8) is 0 Å². The average molecular weight is 329 g/mol. The number of rotatable bonds is 5. The van der Waals surface area contributed by atoms with Crippen molar-refractivity contribution in [3.8, 4) is 5.75 Å². The van der Waals surface area contributed by atoms with Gasteiger partial charge in [0.2, 0.25) is 5.91 Å². The van der Waals surface area contributed by atoms with Crippen molar-refractivity contribution >= 4 is 23.3 Å². The fraction of sp³-hybridized carbons (Fsp3) is 0.353. The second kappa shape index (κ2) is 6.74. The molecule has 0 saturated carbocycles. The zero-order valence-corrected chi connectivity index (χ0v) is 13.6. The lowest BCUT2D eigenvalue weighted by Crippen LogP contribution is -2.46. The van der Waals surface area contributed by atoms with Gasteiger partial charge >= 0.3 is 0 Å². The summed E-state index contributed by atoms with van der Waals surface area (Å²) in [7, 11) is 0. The Bertz CT molecular complexity index is 756. The molecule has 0 fully saturated rings. The van der Waals surface area contributed by atoms with Gasteiger partial charge in [-0.25, -0.2) is 0 Å². The lowest BCUT2D eigenvalue weighted by molar-refractivity contribution is -0.126. The maximum atomic E-state index is 12.5. The average Bonchev–Trinajstić information content (AvgIpc) is 2.98. The smallest absolute Gasteiger partial charge is 0.268 e. The van der Waals surface area contributed by atoms with Gasteiger partial charge in [0.1, 0.15) is 11.5 Å². The van der Waals surface area contributed by atoms with Crippen LogP contribution < -0.4 is 15.0 Å². The summed E-state index contributed by atoms with van der Waals surface area (Å²) in [6.45, 7) is 3.92. The highest BCUT2D eigenvalue weighted by molar-refractivity contribution is 6.01. The Kier molecular flexibility index (Phi) is 4.50. The minimum atomic E-state index is -0.513. The van der Waals surface area contributed by atoms with Crippen molar-refractivity contribution in [2.75, 3.05) is 16.8 Å². The number of benzene rings is 1. The number of hydrogen-bond acceptors (Lipinski definition) is 5. The maximum Gasteiger partial charge on any atom is 0.268 e. The number of nitrogens with one attached hydrogen (secondary N) is 1. The molecule has 1 atom stereocenters. The van der Waals surface area contributed by atoms with Gasteiger partial charge in [-0.2, -0.15) is 0 Å². The molecule has 126 valence electrons. The van der Waals surface area contributed by atoms with E-state index in [0.717, 1.165) is 0 Å². The van der Waals surface area contributed by atoms with Crippen molar-refractivity contribution < 1.29 is 18.8 Å². The molecule has 1 aliphatic heterocycles. The summed E-state index contributed by atoms with van der Waals surface area (Å²) in [4.78, 5) is 26.2. The van der Waals surface area contributed by atoms with Gasteiger partial charge in [0.05, 0.1) is 5.69 Å². The van der Waals surface area contributed by atoms with Gasteiger partial charge in [-0.1, -0.05) is 24.2 Å². The van der Waals surface area contributed by atoms with Crippen LogP contribution in [0.4, 0.5) is 11.5 Å². The van der Waals surface area contributed by atoms with E-state index in [-0.39, 0.29) is 24.8 Å². The molecule has 0 saturated heterocycles. The van der Waals surface area contributed by atoms with Gasteiger partial charge in [0.15, 0.2) is 11.9 Å². The molecule has 2 amide bonds. The van der Waals surface area contributed by atoms with Gasteiger partial charge in [-0.05, 0) is 25.5 Å². The van der Waals surface area contributed by atoms with Crippen molar-refractivity contribution in [1.82, 2.24) is 5.16 Å². The van der Waals surface area contributed by atoms with Gasteiger partial charge in [0, 0.05) is 19.0 Å². The van der Waals surface area contributed by atoms with E-state index in [1.54, 1.807) is 17.9 Å². The van der Waals surface area contributed by atoms with Crippen LogP contribution in [0.5, 0.6) is 5.75 Å². The molecule has 3 rings (SSSR count). The Morgan fingerprint density at radius 2 is 2.17 bits per heavy atom. The van der Waals surface area contributed by atoms with Crippen LogP contribution >= 0.6 is 0 Å². The Hall–Kier alpha value is -2.83. The standard InChI is InChI=1S/C17H19N3O4/c1-3-13-17(22)20(12-6-4-5-7-14(12)23-13)9-8-16(21)18-15-10-11(2)24-19-15/h4-7,10,13H,3,8-9H2,1-2H3,(H,18,19,21). The number of aromatic nitrogens is 1. The number of amides is 2. The zero-order valence-electron chi connectivity index (χ0n) is 13.6. The molecular weight excluding hydrogens is 310 g/mol. The van der Waals surface area contributed by atoms with Crippen molar-refractivity contribution in [2.45, 2.75) is 32.8 Å². The highest BCUT2D eigenvalue weighted by Crippen LogP contribution is 2.34. The van der Waals surface area contributed by atoms with E-state index in [1.165, 1.54) is 0 Å². The molecule has 1 aromatic carbocycles. The minimum absolute atomic E-state index is 0.124. The number of para-hydroxylation sites is 2. The lowest BCUT2D eigenvalue weighted by Gasteiger charge is -2.33. The van der Waals surface area contributed by atoms with E-state index in [1.807, 2.05) is 31.2 Å². The van der Waals surface area contributed by atoms with E-state index in [9.17, 15) is 9.59 Å². The highest BCUT2D eigenvalue weighted by Gasteiger charge is 2.33. The van der Waals surface area contributed by atoms with Crippen LogP contribution in [0.15, 0.2) is 34.9 Å². The van der Waals surface area contributed by atoms with Crippen molar-refractivity contribution in [2.24, 2.45) is 0 Å². The number of hydrogen-bond donors (Lipinski definition) is 1. The molecule has 0 spiro atoms. The largest absolute Gasteiger partial charge is 0.478 e. The fourth-order valence-electron chi connectivity index (χ4n) is 2.61. The summed E-state index contributed by atoms with van der Waals surface area (Å²) in [6.07, 6.45) is 0.220. The molecule has 7 nitrogen and oxygen atoms in total. The first-order valence-electron chi connectivity index (χ1n) is 7.88. The number of fused-ring (bicyclic) bond motifs is 1. The van der Waals surface area contributed by atoms with Gasteiger partial charge in [0.25, 0.3) is 5.91 Å². The Morgan fingerprint density at radius 3 is 2.88 bits per heavy atom. The first-order valence-corrected chi connectivity index (χ1v) is 7.88. The summed E-state index contributed by atoms with van der Waals surface area (Å²) < 4.78 is 10.6. The molecule has 24 heavy (non-hydrogen) atoms. The predicted octanol–water partition coefficient (Wildman–Crippen LogP) is 2.52. The molecule has 1 N–H and O–H groups in total. The van der Waals surface area contributed by atoms with Crippen LogP contribution in [-0.4, -0.2) is 29.6 Å². The highest BCUT2D eigenvalue weighted by atomic mass is 16.5. The van der Waals surface area contributed by atoms with E-state index in [2.05, 4.69) is 10.5 Å². The molecule has 1 aromatic heterocycles.